The fourth-order valence-electron chi connectivity index (χ4n) is 1.88. The van der Waals surface area contributed by atoms with Crippen LogP contribution in [0, 0.1) is 0 Å². The van der Waals surface area contributed by atoms with Gasteiger partial charge in [-0.25, -0.2) is 4.98 Å². The summed E-state index contributed by atoms with van der Waals surface area (Å²) in [6, 6.07) is 0. The summed E-state index contributed by atoms with van der Waals surface area (Å²) in [6.07, 6.45) is 16.1. The van der Waals surface area contributed by atoms with E-state index < -0.39 is 0 Å². The van der Waals surface area contributed by atoms with Gasteiger partial charge in [-0.3, -0.25) is 0 Å². The summed E-state index contributed by atoms with van der Waals surface area (Å²) in [4.78, 5) is 7.53. The Bertz CT molecular complexity index is 356. The molecule has 0 aliphatic heterocycles. The second kappa shape index (κ2) is 3.66. The fraction of sp³-hybridized carbons (Fsp3) is 0.250. The van der Waals surface area contributed by atoms with Gasteiger partial charge in [0.1, 0.15) is 5.82 Å². The molecule has 1 atom stereocenters. The van der Waals surface area contributed by atoms with Crippen molar-refractivity contribution in [3.05, 3.63) is 55.2 Å². The number of H-pyrrole nitrogens is 1. The molecule has 0 amide bonds. The molecule has 2 heteroatoms. The van der Waals surface area contributed by atoms with Gasteiger partial charge in [-0.1, -0.05) is 30.4 Å². The van der Waals surface area contributed by atoms with E-state index in [9.17, 15) is 0 Å². The number of allylic oxidation sites excluding steroid dienone is 5. The summed E-state index contributed by atoms with van der Waals surface area (Å²) in [7, 11) is 0. The third kappa shape index (κ3) is 1.43. The molecule has 1 aliphatic rings. The van der Waals surface area contributed by atoms with Crippen LogP contribution in [0.25, 0.3) is 0 Å². The Morgan fingerprint density at radius 3 is 3.07 bits per heavy atom. The summed E-state index contributed by atoms with van der Waals surface area (Å²) in [5.41, 5.74) is 0.000000000000000222. The minimum absolute atomic E-state index is 0.000000000000000222. The standard InChI is InChI=1S/C12H14N2/c1-2-6-12(7-4-3-5-8-12)11-13-9-10-14-11/h2-5,7,9-10H,1,6,8H2,(H,13,14). The molecule has 1 aromatic rings. The molecule has 1 heterocycles. The van der Waals surface area contributed by atoms with Crippen LogP contribution < -0.4 is 0 Å². The summed E-state index contributed by atoms with van der Waals surface area (Å²) in [5, 5.41) is 0. The molecule has 0 saturated heterocycles. The zero-order valence-corrected chi connectivity index (χ0v) is 8.11. The van der Waals surface area contributed by atoms with E-state index >= 15 is 0 Å². The van der Waals surface area contributed by atoms with Crippen molar-refractivity contribution in [1.82, 2.24) is 9.97 Å². The van der Waals surface area contributed by atoms with Crippen LogP contribution in [0.4, 0.5) is 0 Å². The summed E-state index contributed by atoms with van der Waals surface area (Å²) < 4.78 is 0. The van der Waals surface area contributed by atoms with Gasteiger partial charge in [0.05, 0.1) is 5.41 Å². The van der Waals surface area contributed by atoms with Gasteiger partial charge >= 0.3 is 0 Å². The van der Waals surface area contributed by atoms with Crippen molar-refractivity contribution in [3.8, 4) is 0 Å². The average Bonchev–Trinajstić information content (AvgIpc) is 2.73. The smallest absolute Gasteiger partial charge is 0.116 e. The van der Waals surface area contributed by atoms with E-state index in [1.54, 1.807) is 6.20 Å². The maximum atomic E-state index is 4.34. The Morgan fingerprint density at radius 2 is 2.50 bits per heavy atom. The Hall–Kier alpha value is -1.57. The molecule has 0 aromatic carbocycles. The first kappa shape index (κ1) is 9.00. The van der Waals surface area contributed by atoms with Crippen molar-refractivity contribution in [2.45, 2.75) is 18.3 Å². The predicted molar refractivity (Wildman–Crippen MR) is 58.0 cm³/mol. The molecule has 14 heavy (non-hydrogen) atoms. The molecule has 0 radical (unpaired) electrons. The molecule has 0 fully saturated rings. The highest BCUT2D eigenvalue weighted by molar-refractivity contribution is 5.28. The van der Waals surface area contributed by atoms with Crippen molar-refractivity contribution < 1.29 is 0 Å². The van der Waals surface area contributed by atoms with Gasteiger partial charge in [0.25, 0.3) is 0 Å². The van der Waals surface area contributed by atoms with Gasteiger partial charge < -0.3 is 4.98 Å². The van der Waals surface area contributed by atoms with Crippen LogP contribution in [0.15, 0.2) is 49.4 Å². The molecular formula is C12H14N2. The number of nitrogens with one attached hydrogen (secondary N) is 1. The zero-order valence-electron chi connectivity index (χ0n) is 8.11. The van der Waals surface area contributed by atoms with Crippen molar-refractivity contribution >= 4 is 0 Å². The second-order valence-corrected chi connectivity index (χ2v) is 3.58. The van der Waals surface area contributed by atoms with Crippen molar-refractivity contribution in [2.24, 2.45) is 0 Å². The molecular weight excluding hydrogens is 172 g/mol. The van der Waals surface area contributed by atoms with Gasteiger partial charge in [0.2, 0.25) is 0 Å². The molecule has 72 valence electrons. The Balaban J connectivity index is 2.36. The largest absolute Gasteiger partial charge is 0.348 e. The Labute approximate surface area is 84.1 Å². The maximum Gasteiger partial charge on any atom is 0.116 e. The highest BCUT2D eigenvalue weighted by atomic mass is 14.9. The number of aromatic amines is 1. The molecule has 0 saturated carbocycles. The lowest BCUT2D eigenvalue weighted by atomic mass is 9.78. The van der Waals surface area contributed by atoms with Crippen LogP contribution in [0.1, 0.15) is 18.7 Å². The summed E-state index contributed by atoms with van der Waals surface area (Å²) >= 11 is 0. The zero-order chi connectivity index (χ0) is 9.86. The molecule has 2 rings (SSSR count). The van der Waals surface area contributed by atoms with E-state index in [1.165, 1.54) is 0 Å². The summed E-state index contributed by atoms with van der Waals surface area (Å²) in [6.45, 7) is 3.81. The lowest BCUT2D eigenvalue weighted by molar-refractivity contribution is 0.515. The predicted octanol–water partition coefficient (Wildman–Crippen LogP) is 2.74. The van der Waals surface area contributed by atoms with Crippen LogP contribution in [0.5, 0.6) is 0 Å². The van der Waals surface area contributed by atoms with Gasteiger partial charge in [-0.15, -0.1) is 6.58 Å². The Kier molecular flexibility index (Phi) is 2.35. The third-order valence-electron chi connectivity index (χ3n) is 2.62. The first-order valence-corrected chi connectivity index (χ1v) is 4.82. The van der Waals surface area contributed by atoms with Crippen LogP contribution in [0.3, 0.4) is 0 Å². The van der Waals surface area contributed by atoms with Crippen LogP contribution in [-0.4, -0.2) is 9.97 Å². The molecule has 1 N–H and O–H groups in total. The molecule has 0 bridgehead atoms. The molecule has 2 nitrogen and oxygen atoms in total. The van der Waals surface area contributed by atoms with Gasteiger partial charge in [-0.05, 0) is 12.8 Å². The van der Waals surface area contributed by atoms with Gasteiger partial charge in [-0.2, -0.15) is 0 Å². The number of hydrogen-bond donors (Lipinski definition) is 1. The van der Waals surface area contributed by atoms with Gasteiger partial charge in [0, 0.05) is 12.4 Å². The monoisotopic (exact) mass is 186 g/mol. The van der Waals surface area contributed by atoms with E-state index in [0.717, 1.165) is 18.7 Å². The van der Waals surface area contributed by atoms with E-state index in [1.807, 2.05) is 12.3 Å². The first-order valence-electron chi connectivity index (χ1n) is 4.82. The van der Waals surface area contributed by atoms with Crippen molar-refractivity contribution in [2.75, 3.05) is 0 Å². The third-order valence-corrected chi connectivity index (χ3v) is 2.62. The lowest BCUT2D eigenvalue weighted by Gasteiger charge is -2.27. The number of aromatic nitrogens is 2. The average molecular weight is 186 g/mol. The molecule has 1 unspecified atom stereocenters. The normalized spacial score (nSPS) is 25.1. The number of hydrogen-bond acceptors (Lipinski definition) is 1. The number of rotatable bonds is 3. The molecule has 1 aromatic heterocycles. The van der Waals surface area contributed by atoms with Crippen molar-refractivity contribution in [1.29, 1.82) is 0 Å². The van der Waals surface area contributed by atoms with E-state index in [-0.39, 0.29) is 5.41 Å². The first-order chi connectivity index (χ1) is 6.87. The topological polar surface area (TPSA) is 28.7 Å². The van der Waals surface area contributed by atoms with Crippen molar-refractivity contribution in [3.63, 3.8) is 0 Å². The van der Waals surface area contributed by atoms with Crippen LogP contribution >= 0.6 is 0 Å². The quantitative estimate of drug-likeness (QED) is 0.722. The van der Waals surface area contributed by atoms with Crippen LogP contribution in [0.2, 0.25) is 0 Å². The number of nitrogens with zero attached hydrogens (tertiary/aromatic N) is 1. The molecule has 0 spiro atoms. The Morgan fingerprint density at radius 1 is 1.57 bits per heavy atom. The van der Waals surface area contributed by atoms with Gasteiger partial charge in [0.15, 0.2) is 0 Å². The second-order valence-electron chi connectivity index (χ2n) is 3.58. The molecule has 1 aliphatic carbocycles. The van der Waals surface area contributed by atoms with E-state index in [0.29, 0.717) is 0 Å². The van der Waals surface area contributed by atoms with Crippen LogP contribution in [-0.2, 0) is 5.41 Å². The fourth-order valence-corrected chi connectivity index (χ4v) is 1.88. The summed E-state index contributed by atoms with van der Waals surface area (Å²) in [5.74, 6) is 1.03. The minimum atomic E-state index is 0.000000000000000222. The van der Waals surface area contributed by atoms with E-state index in [4.69, 9.17) is 0 Å². The number of imidazole rings is 1. The maximum absolute atomic E-state index is 4.34. The SMILES string of the molecule is C=CCC1(c2ncc[nH]2)C=CC=CC1. The highest BCUT2D eigenvalue weighted by Crippen LogP contribution is 2.33. The van der Waals surface area contributed by atoms with E-state index in [2.05, 4.69) is 40.9 Å². The lowest BCUT2D eigenvalue weighted by Crippen LogP contribution is -2.25. The highest BCUT2D eigenvalue weighted by Gasteiger charge is 2.30. The minimum Gasteiger partial charge on any atom is -0.348 e.